The lowest BCUT2D eigenvalue weighted by Gasteiger charge is -2.03. The van der Waals surface area contributed by atoms with Gasteiger partial charge in [0.15, 0.2) is 0 Å². The molecule has 0 amide bonds. The van der Waals surface area contributed by atoms with Crippen LogP contribution in [-0.2, 0) is 0 Å². The lowest BCUT2D eigenvalue weighted by molar-refractivity contribution is 0.521. The molecule has 0 saturated heterocycles. The summed E-state index contributed by atoms with van der Waals surface area (Å²) >= 11 is 0. The third-order valence-corrected chi connectivity index (χ3v) is 3.01. The molecule has 0 bridgehead atoms. The van der Waals surface area contributed by atoms with Crippen LogP contribution in [0.5, 0.6) is 0 Å². The maximum Gasteiger partial charge on any atom is -0.0260 e. The van der Waals surface area contributed by atoms with Crippen LogP contribution in [0.4, 0.5) is 0 Å². The van der Waals surface area contributed by atoms with Gasteiger partial charge < -0.3 is 0 Å². The highest BCUT2D eigenvalue weighted by atomic mass is 14.0. The molecule has 0 aliphatic carbocycles. The van der Waals surface area contributed by atoms with Gasteiger partial charge in [0, 0.05) is 0 Å². The fourth-order valence-electron chi connectivity index (χ4n) is 1.95. The highest BCUT2D eigenvalue weighted by molar-refractivity contribution is 5.48. The van der Waals surface area contributed by atoms with Crippen LogP contribution in [0.1, 0.15) is 57.9 Å². The first-order valence-corrected chi connectivity index (χ1v) is 7.00. The van der Waals surface area contributed by atoms with Crippen molar-refractivity contribution in [2.45, 2.75) is 52.4 Å². The highest BCUT2D eigenvalue weighted by Crippen LogP contribution is 2.11. The summed E-state index contributed by atoms with van der Waals surface area (Å²) in [5.74, 6) is 0.868. The topological polar surface area (TPSA) is 0 Å². The van der Waals surface area contributed by atoms with Crippen molar-refractivity contribution < 1.29 is 0 Å². The van der Waals surface area contributed by atoms with Gasteiger partial charge in [-0.25, -0.2) is 0 Å². The van der Waals surface area contributed by atoms with E-state index in [1.165, 1.54) is 44.1 Å². The molecule has 0 N–H and O–H groups in total. The van der Waals surface area contributed by atoms with Crippen molar-refractivity contribution >= 4 is 6.08 Å². The average molecular weight is 230 g/mol. The molecule has 1 rings (SSSR count). The first-order chi connectivity index (χ1) is 8.29. The molecule has 0 spiro atoms. The Bertz CT molecular complexity index is 295. The molecule has 0 heteroatoms. The molecule has 0 saturated carbocycles. The van der Waals surface area contributed by atoms with Crippen LogP contribution < -0.4 is 0 Å². The summed E-state index contributed by atoms with van der Waals surface area (Å²) in [7, 11) is 0. The maximum atomic E-state index is 2.31. The Balaban J connectivity index is 1.99. The molecular formula is C17H26. The summed E-state index contributed by atoms with van der Waals surface area (Å²) in [5.41, 5.74) is 1.31. The van der Waals surface area contributed by atoms with Crippen molar-refractivity contribution in [2.24, 2.45) is 5.92 Å². The van der Waals surface area contributed by atoms with E-state index >= 15 is 0 Å². The predicted molar refractivity (Wildman–Crippen MR) is 78.0 cm³/mol. The van der Waals surface area contributed by atoms with Crippen LogP contribution in [0.3, 0.4) is 0 Å². The number of hydrogen-bond acceptors (Lipinski definition) is 0. The van der Waals surface area contributed by atoms with Crippen LogP contribution in [0, 0.1) is 5.92 Å². The molecule has 0 aliphatic rings. The molecule has 1 aromatic rings. The van der Waals surface area contributed by atoms with Gasteiger partial charge in [0.1, 0.15) is 0 Å². The van der Waals surface area contributed by atoms with Crippen molar-refractivity contribution in [1.82, 2.24) is 0 Å². The number of rotatable bonds is 8. The Hall–Kier alpha value is -1.04. The molecular weight excluding hydrogens is 204 g/mol. The molecule has 17 heavy (non-hydrogen) atoms. The van der Waals surface area contributed by atoms with Gasteiger partial charge in [-0.15, -0.1) is 0 Å². The van der Waals surface area contributed by atoms with E-state index in [1.807, 2.05) is 0 Å². The van der Waals surface area contributed by atoms with Gasteiger partial charge in [0.05, 0.1) is 0 Å². The summed E-state index contributed by atoms with van der Waals surface area (Å²) in [6, 6.07) is 10.5. The Morgan fingerprint density at radius 2 is 1.65 bits per heavy atom. The summed E-state index contributed by atoms with van der Waals surface area (Å²) in [5, 5.41) is 0. The molecule has 0 fully saturated rings. The monoisotopic (exact) mass is 230 g/mol. The number of allylic oxidation sites excluding steroid dienone is 1. The summed E-state index contributed by atoms with van der Waals surface area (Å²) < 4.78 is 0. The second kappa shape index (κ2) is 9.04. The van der Waals surface area contributed by atoms with Crippen LogP contribution in [0.2, 0.25) is 0 Å². The minimum atomic E-state index is 0.868. The van der Waals surface area contributed by atoms with E-state index in [0.29, 0.717) is 0 Å². The van der Waals surface area contributed by atoms with Crippen molar-refractivity contribution in [1.29, 1.82) is 0 Å². The maximum absolute atomic E-state index is 2.31. The number of unbranched alkanes of at least 4 members (excludes halogenated alkanes) is 4. The fraction of sp³-hybridized carbons (Fsp3) is 0.529. The molecule has 0 nitrogen and oxygen atoms in total. The Morgan fingerprint density at radius 1 is 0.941 bits per heavy atom. The van der Waals surface area contributed by atoms with Crippen molar-refractivity contribution in [3.63, 3.8) is 0 Å². The average Bonchev–Trinajstić information content (AvgIpc) is 2.33. The van der Waals surface area contributed by atoms with Gasteiger partial charge in [-0.2, -0.15) is 0 Å². The third-order valence-electron chi connectivity index (χ3n) is 3.01. The van der Waals surface area contributed by atoms with Crippen molar-refractivity contribution in [2.75, 3.05) is 0 Å². The normalized spacial score (nSPS) is 11.5. The van der Waals surface area contributed by atoms with E-state index in [0.717, 1.165) is 5.92 Å². The highest BCUT2D eigenvalue weighted by Gasteiger charge is 1.93. The molecule has 94 valence electrons. The zero-order valence-corrected chi connectivity index (χ0v) is 11.4. The zero-order chi connectivity index (χ0) is 12.3. The SMILES string of the molecule is CC(C)CCCCCCC=Cc1ccccc1. The minimum Gasteiger partial charge on any atom is -0.0839 e. The quantitative estimate of drug-likeness (QED) is 0.503. The predicted octanol–water partition coefficient (Wildman–Crippen LogP) is 5.70. The first kappa shape index (κ1) is 14.0. The molecule has 0 aliphatic heterocycles. The lowest BCUT2D eigenvalue weighted by Crippen LogP contribution is -1.86. The number of benzene rings is 1. The Kier molecular flexibility index (Phi) is 7.46. The summed E-state index contributed by atoms with van der Waals surface area (Å²) in [6.45, 7) is 4.62. The van der Waals surface area contributed by atoms with E-state index in [9.17, 15) is 0 Å². The Labute approximate surface area is 107 Å². The minimum absolute atomic E-state index is 0.868. The van der Waals surface area contributed by atoms with E-state index in [1.54, 1.807) is 0 Å². The van der Waals surface area contributed by atoms with Crippen LogP contribution >= 0.6 is 0 Å². The molecule has 0 aromatic heterocycles. The van der Waals surface area contributed by atoms with Gasteiger partial charge in [0.25, 0.3) is 0 Å². The number of hydrogen-bond donors (Lipinski definition) is 0. The molecule has 0 unspecified atom stereocenters. The fourth-order valence-corrected chi connectivity index (χ4v) is 1.95. The van der Waals surface area contributed by atoms with E-state index < -0.39 is 0 Å². The standard InChI is InChI=1S/C17H26/c1-16(2)12-8-5-3-4-6-9-13-17-14-10-7-11-15-17/h7,9-11,13-16H,3-6,8,12H2,1-2H3. The molecule has 0 atom stereocenters. The van der Waals surface area contributed by atoms with Gasteiger partial charge >= 0.3 is 0 Å². The van der Waals surface area contributed by atoms with Crippen molar-refractivity contribution in [3.8, 4) is 0 Å². The zero-order valence-electron chi connectivity index (χ0n) is 11.4. The van der Waals surface area contributed by atoms with Gasteiger partial charge in [0.2, 0.25) is 0 Å². The van der Waals surface area contributed by atoms with Crippen LogP contribution in [0.15, 0.2) is 36.4 Å². The van der Waals surface area contributed by atoms with Gasteiger partial charge in [-0.3, -0.25) is 0 Å². The molecule has 0 heterocycles. The summed E-state index contributed by atoms with van der Waals surface area (Å²) in [4.78, 5) is 0. The van der Waals surface area contributed by atoms with E-state index in [2.05, 4.69) is 56.3 Å². The van der Waals surface area contributed by atoms with Gasteiger partial charge in [-0.05, 0) is 24.3 Å². The van der Waals surface area contributed by atoms with Crippen LogP contribution in [0.25, 0.3) is 6.08 Å². The van der Waals surface area contributed by atoms with Crippen molar-refractivity contribution in [3.05, 3.63) is 42.0 Å². The van der Waals surface area contributed by atoms with E-state index in [4.69, 9.17) is 0 Å². The Morgan fingerprint density at radius 3 is 2.35 bits per heavy atom. The molecule has 1 aromatic carbocycles. The largest absolute Gasteiger partial charge is 0.0839 e. The smallest absolute Gasteiger partial charge is 0.0260 e. The van der Waals surface area contributed by atoms with Gasteiger partial charge in [-0.1, -0.05) is 82.0 Å². The lowest BCUT2D eigenvalue weighted by atomic mass is 10.0. The second-order valence-corrected chi connectivity index (χ2v) is 5.20. The first-order valence-electron chi connectivity index (χ1n) is 7.00. The summed E-state index contributed by atoms with van der Waals surface area (Å²) in [6.07, 6.45) is 12.7. The second-order valence-electron chi connectivity index (χ2n) is 5.20. The third kappa shape index (κ3) is 7.79. The molecule has 0 radical (unpaired) electrons. The van der Waals surface area contributed by atoms with E-state index in [-0.39, 0.29) is 0 Å². The van der Waals surface area contributed by atoms with Crippen LogP contribution in [-0.4, -0.2) is 0 Å².